The van der Waals surface area contributed by atoms with E-state index < -0.39 is 0 Å². The Kier molecular flexibility index (Phi) is 6.54. The molecule has 0 bridgehead atoms. The maximum absolute atomic E-state index is 6.13. The quantitative estimate of drug-likeness (QED) is 0.533. The summed E-state index contributed by atoms with van der Waals surface area (Å²) in [6.45, 7) is 0.217. The largest absolute Gasteiger partial charge is 0.488 e. The first-order valence-corrected chi connectivity index (χ1v) is 7.91. The van der Waals surface area contributed by atoms with Gasteiger partial charge in [-0.25, -0.2) is 0 Å². The molecular weight excluding hydrogens is 389 g/mol. The summed E-state index contributed by atoms with van der Waals surface area (Å²) in [5, 5.41) is 1.27. The topological polar surface area (TPSA) is 18.5 Å². The van der Waals surface area contributed by atoms with E-state index in [-0.39, 0.29) is 11.1 Å². The third-order valence-electron chi connectivity index (χ3n) is 2.51. The molecule has 0 heterocycles. The molecule has 0 unspecified atom stereocenters. The zero-order valence-electron chi connectivity index (χ0n) is 11.0. The van der Waals surface area contributed by atoms with E-state index in [1.807, 2.05) is 0 Å². The molecule has 0 N–H and O–H groups in total. The van der Waals surface area contributed by atoms with Gasteiger partial charge in [-0.2, -0.15) is 0 Å². The van der Waals surface area contributed by atoms with Gasteiger partial charge in [0.15, 0.2) is 0 Å². The fraction of sp³-hybridized carbons (Fsp3) is 0.0667. The van der Waals surface area contributed by atoms with Gasteiger partial charge in [-0.15, -0.1) is 0 Å². The second-order valence-corrected chi connectivity index (χ2v) is 6.30. The Morgan fingerprint density at radius 2 is 1.50 bits per heavy atom. The van der Waals surface area contributed by atoms with Crippen LogP contribution in [0, 0.1) is 0 Å². The van der Waals surface area contributed by atoms with Gasteiger partial charge in [-0.05, 0) is 30.3 Å². The molecule has 0 aliphatic carbocycles. The van der Waals surface area contributed by atoms with Crippen LogP contribution in [0.3, 0.4) is 0 Å². The molecule has 0 amide bonds. The van der Waals surface area contributed by atoms with Crippen molar-refractivity contribution < 1.29 is 9.47 Å². The van der Waals surface area contributed by atoms with E-state index in [9.17, 15) is 0 Å². The highest BCUT2D eigenvalue weighted by molar-refractivity contribution is 6.55. The van der Waals surface area contributed by atoms with Gasteiger partial charge in [0.25, 0.3) is 0 Å². The van der Waals surface area contributed by atoms with Crippen molar-refractivity contribution in [3.05, 3.63) is 62.0 Å². The zero-order valence-corrected chi connectivity index (χ0v) is 14.7. The van der Waals surface area contributed by atoms with E-state index in [4.69, 9.17) is 67.5 Å². The Morgan fingerprint density at radius 3 is 2.09 bits per heavy atom. The third-order valence-corrected chi connectivity index (χ3v) is 3.85. The molecule has 22 heavy (non-hydrogen) atoms. The minimum atomic E-state index is 0.135. The summed E-state index contributed by atoms with van der Waals surface area (Å²) in [6.07, 6.45) is 1.51. The molecule has 0 atom stereocenters. The van der Waals surface area contributed by atoms with E-state index >= 15 is 0 Å². The Balaban J connectivity index is 2.08. The molecule has 116 valence electrons. The predicted molar refractivity (Wildman–Crippen MR) is 93.3 cm³/mol. The molecule has 0 spiro atoms. The van der Waals surface area contributed by atoms with Crippen LogP contribution in [0.1, 0.15) is 0 Å². The van der Waals surface area contributed by atoms with Crippen LogP contribution in [-0.2, 0) is 0 Å². The van der Waals surface area contributed by atoms with Gasteiger partial charge in [0, 0.05) is 12.1 Å². The number of rotatable bonds is 5. The summed E-state index contributed by atoms with van der Waals surface area (Å²) in [6, 6.07) is 10.0. The lowest BCUT2D eigenvalue weighted by Gasteiger charge is -2.10. The average Bonchev–Trinajstić information content (AvgIpc) is 2.45. The maximum Gasteiger partial charge on any atom is 0.138 e. The predicted octanol–water partition coefficient (Wildman–Crippen LogP) is 7.14. The van der Waals surface area contributed by atoms with E-state index in [1.165, 1.54) is 6.08 Å². The fourth-order valence-electron chi connectivity index (χ4n) is 1.53. The lowest BCUT2D eigenvalue weighted by Crippen LogP contribution is -1.94. The summed E-state index contributed by atoms with van der Waals surface area (Å²) in [4.78, 5) is 0. The van der Waals surface area contributed by atoms with E-state index in [0.29, 0.717) is 32.3 Å². The van der Waals surface area contributed by atoms with Gasteiger partial charge in [0.05, 0.1) is 15.1 Å². The van der Waals surface area contributed by atoms with Crippen molar-refractivity contribution in [3.8, 4) is 17.2 Å². The molecule has 2 aromatic rings. The van der Waals surface area contributed by atoms with Crippen LogP contribution in [0.2, 0.25) is 15.1 Å². The van der Waals surface area contributed by atoms with Crippen LogP contribution in [-0.4, -0.2) is 6.61 Å². The summed E-state index contributed by atoms with van der Waals surface area (Å²) in [5.41, 5.74) is 0. The maximum atomic E-state index is 6.13. The molecule has 2 nitrogen and oxygen atoms in total. The van der Waals surface area contributed by atoms with Crippen LogP contribution in [0.25, 0.3) is 0 Å². The monoisotopic (exact) mass is 396 g/mol. The van der Waals surface area contributed by atoms with Crippen molar-refractivity contribution in [2.24, 2.45) is 0 Å². The minimum absolute atomic E-state index is 0.135. The lowest BCUT2D eigenvalue weighted by atomic mass is 10.3. The molecule has 0 aliphatic heterocycles. The molecule has 0 fully saturated rings. The van der Waals surface area contributed by atoms with Crippen LogP contribution in [0.5, 0.6) is 17.2 Å². The van der Waals surface area contributed by atoms with Crippen molar-refractivity contribution in [2.45, 2.75) is 0 Å². The first kappa shape index (κ1) is 17.6. The van der Waals surface area contributed by atoms with Crippen molar-refractivity contribution >= 4 is 58.0 Å². The van der Waals surface area contributed by atoms with E-state index in [0.717, 1.165) is 0 Å². The summed E-state index contributed by atoms with van der Waals surface area (Å²) in [5.74, 6) is 1.59. The number of ether oxygens (including phenoxy) is 2. The number of hydrogen-bond acceptors (Lipinski definition) is 2. The first-order valence-electron chi connectivity index (χ1n) is 6.02. The molecule has 0 radical (unpaired) electrons. The van der Waals surface area contributed by atoms with E-state index in [2.05, 4.69) is 0 Å². The second kappa shape index (κ2) is 8.19. The van der Waals surface area contributed by atoms with Crippen LogP contribution in [0.4, 0.5) is 0 Å². The van der Waals surface area contributed by atoms with Crippen molar-refractivity contribution in [3.63, 3.8) is 0 Å². The second-order valence-electron chi connectivity index (χ2n) is 4.07. The normalized spacial score (nSPS) is 10.2. The SMILES string of the molecule is ClC(Cl)=CCOc1ccc(Oc2ccc(Cl)c(Cl)c2)cc1Cl. The molecular formula is C15H9Cl5O2. The van der Waals surface area contributed by atoms with Crippen molar-refractivity contribution in [2.75, 3.05) is 6.61 Å². The summed E-state index contributed by atoms with van der Waals surface area (Å²) >= 11 is 28.9. The highest BCUT2D eigenvalue weighted by Gasteiger charge is 2.06. The lowest BCUT2D eigenvalue weighted by molar-refractivity contribution is 0.362. The molecule has 7 heteroatoms. The summed E-state index contributed by atoms with van der Waals surface area (Å²) < 4.78 is 11.2. The van der Waals surface area contributed by atoms with Crippen LogP contribution < -0.4 is 9.47 Å². The molecule has 0 aliphatic rings. The van der Waals surface area contributed by atoms with Gasteiger partial charge in [-0.1, -0.05) is 58.0 Å². The van der Waals surface area contributed by atoms with Crippen molar-refractivity contribution in [1.82, 2.24) is 0 Å². The van der Waals surface area contributed by atoms with Gasteiger partial charge in [0.1, 0.15) is 28.3 Å². The van der Waals surface area contributed by atoms with Gasteiger partial charge < -0.3 is 9.47 Å². The van der Waals surface area contributed by atoms with Crippen molar-refractivity contribution in [1.29, 1.82) is 0 Å². The Labute approximate surface area is 153 Å². The van der Waals surface area contributed by atoms with Crippen LogP contribution >= 0.6 is 58.0 Å². The minimum Gasteiger partial charge on any atom is -0.488 e. The molecule has 2 aromatic carbocycles. The third kappa shape index (κ3) is 5.15. The molecule has 0 saturated carbocycles. The highest BCUT2D eigenvalue weighted by atomic mass is 35.5. The van der Waals surface area contributed by atoms with Crippen LogP contribution in [0.15, 0.2) is 47.0 Å². The molecule has 2 rings (SSSR count). The zero-order chi connectivity index (χ0) is 16.1. The van der Waals surface area contributed by atoms with Gasteiger partial charge in [-0.3, -0.25) is 0 Å². The first-order chi connectivity index (χ1) is 10.5. The smallest absolute Gasteiger partial charge is 0.138 e. The highest BCUT2D eigenvalue weighted by Crippen LogP contribution is 2.33. The molecule has 0 aromatic heterocycles. The Bertz CT molecular complexity index is 696. The Morgan fingerprint density at radius 1 is 0.864 bits per heavy atom. The van der Waals surface area contributed by atoms with Gasteiger partial charge >= 0.3 is 0 Å². The summed E-state index contributed by atoms with van der Waals surface area (Å²) in [7, 11) is 0. The Hall–Kier alpha value is -0.770. The van der Waals surface area contributed by atoms with Gasteiger partial charge in [0.2, 0.25) is 0 Å². The number of benzene rings is 2. The average molecular weight is 399 g/mol. The molecule has 0 saturated heterocycles. The number of halogens is 5. The standard InChI is InChI=1S/C15H9Cl5O2/c16-11-3-1-9(7-12(11)17)22-10-2-4-14(13(18)8-10)21-6-5-15(19)20/h1-5,7-8H,6H2. The fourth-order valence-corrected chi connectivity index (χ4v) is 2.17. The number of hydrogen-bond donors (Lipinski definition) is 0. The van der Waals surface area contributed by atoms with E-state index in [1.54, 1.807) is 36.4 Å².